The van der Waals surface area contributed by atoms with Crippen molar-refractivity contribution in [3.63, 3.8) is 0 Å². The number of rotatable bonds is 5. The van der Waals surface area contributed by atoms with Gasteiger partial charge in [-0.05, 0) is 18.6 Å². The van der Waals surface area contributed by atoms with Crippen LogP contribution >= 0.6 is 0 Å². The number of hydrogen-bond acceptors (Lipinski definition) is 3. The molecule has 0 aliphatic heterocycles. The molecule has 0 unspecified atom stereocenters. The van der Waals surface area contributed by atoms with Crippen LogP contribution in [0, 0.1) is 5.95 Å². The quantitative estimate of drug-likeness (QED) is 0.734. The first-order valence-corrected chi connectivity index (χ1v) is 5.31. The Hall–Kier alpha value is -1.98. The summed E-state index contributed by atoms with van der Waals surface area (Å²) in [6, 6.07) is 3.90. The highest BCUT2D eigenvalue weighted by Gasteiger charge is 2.09. The van der Waals surface area contributed by atoms with Gasteiger partial charge in [-0.25, -0.2) is 4.98 Å². The molecule has 1 aromatic rings. The normalized spacial score (nSPS) is 9.76. The van der Waals surface area contributed by atoms with Gasteiger partial charge in [0.25, 0.3) is 5.91 Å². The van der Waals surface area contributed by atoms with Gasteiger partial charge in [0.15, 0.2) is 0 Å². The lowest BCUT2D eigenvalue weighted by atomic mass is 10.3. The number of carbonyl (C=O) groups excluding carboxylic acids is 2. The number of pyridine rings is 1. The molecule has 1 heterocycles. The molecule has 92 valence electrons. The molecule has 0 spiro atoms. The molecule has 2 N–H and O–H groups in total. The second kappa shape index (κ2) is 6.57. The summed E-state index contributed by atoms with van der Waals surface area (Å²) in [7, 11) is 0. The van der Waals surface area contributed by atoms with Crippen LogP contribution in [-0.4, -0.2) is 29.9 Å². The third kappa shape index (κ3) is 4.58. The largest absolute Gasteiger partial charge is 0.355 e. The van der Waals surface area contributed by atoms with Gasteiger partial charge in [0, 0.05) is 6.54 Å². The van der Waals surface area contributed by atoms with Crippen molar-refractivity contribution in [3.05, 3.63) is 29.8 Å². The first-order valence-electron chi connectivity index (χ1n) is 5.31. The molecule has 0 radical (unpaired) electrons. The molecule has 0 aliphatic rings. The summed E-state index contributed by atoms with van der Waals surface area (Å²) < 4.78 is 12.7. The van der Waals surface area contributed by atoms with E-state index in [9.17, 15) is 14.0 Å². The number of carbonyl (C=O) groups is 2. The lowest BCUT2D eigenvalue weighted by molar-refractivity contribution is -0.120. The van der Waals surface area contributed by atoms with Crippen molar-refractivity contribution in [2.45, 2.75) is 13.3 Å². The molecule has 0 bridgehead atoms. The molecule has 0 saturated carbocycles. The Kier molecular flexibility index (Phi) is 5.06. The first kappa shape index (κ1) is 13.1. The third-order valence-corrected chi connectivity index (χ3v) is 1.93. The number of hydrogen-bond donors (Lipinski definition) is 2. The van der Waals surface area contributed by atoms with E-state index in [-0.39, 0.29) is 18.1 Å². The van der Waals surface area contributed by atoms with Gasteiger partial charge in [-0.2, -0.15) is 4.39 Å². The fourth-order valence-corrected chi connectivity index (χ4v) is 1.11. The predicted octanol–water partition coefficient (Wildman–Crippen LogP) is 0.477. The van der Waals surface area contributed by atoms with Gasteiger partial charge in [-0.1, -0.05) is 13.0 Å². The van der Waals surface area contributed by atoms with Crippen LogP contribution in [0.25, 0.3) is 0 Å². The zero-order valence-corrected chi connectivity index (χ0v) is 9.50. The van der Waals surface area contributed by atoms with Crippen LogP contribution in [0.5, 0.6) is 0 Å². The van der Waals surface area contributed by atoms with Crippen LogP contribution in [0.15, 0.2) is 18.2 Å². The van der Waals surface area contributed by atoms with Gasteiger partial charge < -0.3 is 10.6 Å². The Morgan fingerprint density at radius 2 is 2.12 bits per heavy atom. The van der Waals surface area contributed by atoms with Gasteiger partial charge in [-0.15, -0.1) is 0 Å². The molecule has 5 nitrogen and oxygen atoms in total. The lowest BCUT2D eigenvalue weighted by Gasteiger charge is -2.05. The van der Waals surface area contributed by atoms with Crippen LogP contribution in [0.4, 0.5) is 4.39 Å². The van der Waals surface area contributed by atoms with Gasteiger partial charge in [0.2, 0.25) is 11.9 Å². The summed E-state index contributed by atoms with van der Waals surface area (Å²) >= 11 is 0. The van der Waals surface area contributed by atoms with E-state index in [1.165, 1.54) is 12.1 Å². The topological polar surface area (TPSA) is 71.1 Å². The van der Waals surface area contributed by atoms with Crippen LogP contribution in [0.3, 0.4) is 0 Å². The van der Waals surface area contributed by atoms with Crippen LogP contribution in [0.2, 0.25) is 0 Å². The molecule has 0 saturated heterocycles. The fourth-order valence-electron chi connectivity index (χ4n) is 1.11. The standard InChI is InChI=1S/C11H14FN3O2/c1-2-6-13-10(16)7-14-11(17)8-4-3-5-9(12)15-8/h3-5H,2,6-7H2,1H3,(H,13,16)(H,14,17). The number of amides is 2. The number of nitrogens with zero attached hydrogens (tertiary/aromatic N) is 1. The fraction of sp³-hybridized carbons (Fsp3) is 0.364. The smallest absolute Gasteiger partial charge is 0.270 e. The summed E-state index contributed by atoms with van der Waals surface area (Å²) in [6.45, 7) is 2.35. The molecular weight excluding hydrogens is 225 g/mol. The van der Waals surface area contributed by atoms with Crippen molar-refractivity contribution in [1.29, 1.82) is 0 Å². The predicted molar refractivity (Wildman–Crippen MR) is 59.8 cm³/mol. The summed E-state index contributed by atoms with van der Waals surface area (Å²) in [6.07, 6.45) is 0.825. The maximum Gasteiger partial charge on any atom is 0.270 e. The van der Waals surface area contributed by atoms with E-state index in [0.717, 1.165) is 12.5 Å². The third-order valence-electron chi connectivity index (χ3n) is 1.93. The molecule has 0 atom stereocenters. The minimum absolute atomic E-state index is 0.0479. The van der Waals surface area contributed by atoms with E-state index >= 15 is 0 Å². The second-order valence-corrected chi connectivity index (χ2v) is 3.38. The number of halogens is 1. The summed E-state index contributed by atoms with van der Waals surface area (Å²) in [5.41, 5.74) is -0.0479. The van der Waals surface area contributed by atoms with Crippen molar-refractivity contribution < 1.29 is 14.0 Å². The molecule has 6 heteroatoms. The minimum Gasteiger partial charge on any atom is -0.355 e. The molecule has 2 amide bonds. The molecule has 1 rings (SSSR count). The highest BCUT2D eigenvalue weighted by atomic mass is 19.1. The van der Waals surface area contributed by atoms with Crippen molar-refractivity contribution in [2.24, 2.45) is 0 Å². The SMILES string of the molecule is CCCNC(=O)CNC(=O)c1cccc(F)n1. The summed E-state index contributed by atoms with van der Waals surface area (Å²) in [5.74, 6) is -1.58. The zero-order valence-electron chi connectivity index (χ0n) is 9.50. The number of aromatic nitrogens is 1. The molecule has 0 aromatic carbocycles. The van der Waals surface area contributed by atoms with E-state index in [0.29, 0.717) is 6.54 Å². The summed E-state index contributed by atoms with van der Waals surface area (Å²) in [4.78, 5) is 26.0. The Morgan fingerprint density at radius 3 is 2.76 bits per heavy atom. The molecule has 1 aromatic heterocycles. The maximum atomic E-state index is 12.7. The minimum atomic E-state index is -0.729. The van der Waals surface area contributed by atoms with E-state index in [2.05, 4.69) is 15.6 Å². The number of nitrogens with one attached hydrogen (secondary N) is 2. The van der Waals surface area contributed by atoms with Gasteiger partial charge in [0.1, 0.15) is 5.69 Å². The Morgan fingerprint density at radius 1 is 1.35 bits per heavy atom. The monoisotopic (exact) mass is 239 g/mol. The van der Waals surface area contributed by atoms with Crippen LogP contribution in [0.1, 0.15) is 23.8 Å². The van der Waals surface area contributed by atoms with Crippen molar-refractivity contribution in [2.75, 3.05) is 13.1 Å². The second-order valence-electron chi connectivity index (χ2n) is 3.38. The van der Waals surface area contributed by atoms with Crippen molar-refractivity contribution >= 4 is 11.8 Å². The van der Waals surface area contributed by atoms with Gasteiger partial charge in [0.05, 0.1) is 6.54 Å². The lowest BCUT2D eigenvalue weighted by Crippen LogP contribution is -2.37. The average molecular weight is 239 g/mol. The van der Waals surface area contributed by atoms with E-state index in [1.807, 2.05) is 6.92 Å². The van der Waals surface area contributed by atoms with E-state index < -0.39 is 11.9 Å². The van der Waals surface area contributed by atoms with Gasteiger partial charge >= 0.3 is 0 Å². The molecule has 0 aliphatic carbocycles. The molecule has 17 heavy (non-hydrogen) atoms. The van der Waals surface area contributed by atoms with E-state index in [1.54, 1.807) is 0 Å². The summed E-state index contributed by atoms with van der Waals surface area (Å²) in [5, 5.41) is 4.96. The Bertz CT molecular complexity index is 409. The maximum absolute atomic E-state index is 12.7. The highest BCUT2D eigenvalue weighted by Crippen LogP contribution is 1.97. The average Bonchev–Trinajstić information content (AvgIpc) is 2.33. The Balaban J connectivity index is 2.42. The molecule has 0 fully saturated rings. The molecular formula is C11H14FN3O2. The van der Waals surface area contributed by atoms with Crippen molar-refractivity contribution in [3.8, 4) is 0 Å². The van der Waals surface area contributed by atoms with Crippen LogP contribution in [-0.2, 0) is 4.79 Å². The Labute approximate surface area is 98.4 Å². The first-order chi connectivity index (χ1) is 8.13. The van der Waals surface area contributed by atoms with Crippen LogP contribution < -0.4 is 10.6 Å². The van der Waals surface area contributed by atoms with E-state index in [4.69, 9.17) is 0 Å². The highest BCUT2D eigenvalue weighted by molar-refractivity contribution is 5.94. The van der Waals surface area contributed by atoms with Gasteiger partial charge in [-0.3, -0.25) is 9.59 Å². The zero-order chi connectivity index (χ0) is 12.7. The van der Waals surface area contributed by atoms with Crippen molar-refractivity contribution in [1.82, 2.24) is 15.6 Å².